The minimum Gasteiger partial charge on any atom is -0.396 e. The van der Waals surface area contributed by atoms with E-state index in [4.69, 9.17) is 16.3 Å². The molecule has 0 aromatic heterocycles. The van der Waals surface area contributed by atoms with Crippen LogP contribution in [-0.4, -0.2) is 22.6 Å². The predicted octanol–water partition coefficient (Wildman–Crippen LogP) is 3.43. The summed E-state index contributed by atoms with van der Waals surface area (Å²) in [5, 5.41) is 20.3. The molecule has 0 bridgehead atoms. The molecule has 0 radical (unpaired) electrons. The van der Waals surface area contributed by atoms with E-state index in [9.17, 15) is 10.2 Å². The third-order valence-corrected chi connectivity index (χ3v) is 3.98. The van der Waals surface area contributed by atoms with Gasteiger partial charge in [0.1, 0.15) is 0 Å². The second kappa shape index (κ2) is 6.71. The summed E-state index contributed by atoms with van der Waals surface area (Å²) in [6.07, 6.45) is 4.48. The van der Waals surface area contributed by atoms with Gasteiger partial charge in [-0.25, -0.2) is 0 Å². The molecule has 1 aliphatic rings. The van der Waals surface area contributed by atoms with E-state index < -0.39 is 5.79 Å². The maximum absolute atomic E-state index is 10.5. The fourth-order valence-corrected chi connectivity index (χ4v) is 2.88. The minimum atomic E-state index is -1.07. The predicted molar refractivity (Wildman–Crippen MR) is 75.0 cm³/mol. The number of halogens is 1. The van der Waals surface area contributed by atoms with Crippen molar-refractivity contribution in [3.05, 3.63) is 34.9 Å². The number of aliphatic hydroxyl groups is 2. The van der Waals surface area contributed by atoms with Gasteiger partial charge in [-0.05, 0) is 24.5 Å². The maximum Gasteiger partial charge on any atom is 0.166 e. The molecule has 1 aromatic carbocycles. The van der Waals surface area contributed by atoms with Gasteiger partial charge < -0.3 is 14.9 Å². The summed E-state index contributed by atoms with van der Waals surface area (Å²) >= 11 is 6.17. The van der Waals surface area contributed by atoms with Crippen LogP contribution in [0.25, 0.3) is 0 Å². The molecule has 2 rings (SSSR count). The van der Waals surface area contributed by atoms with Crippen LogP contribution in [-0.2, 0) is 4.74 Å². The topological polar surface area (TPSA) is 49.7 Å². The Labute approximate surface area is 119 Å². The molecule has 3 nitrogen and oxygen atoms in total. The lowest BCUT2D eigenvalue weighted by Crippen LogP contribution is -2.36. The number of hydrogen-bond acceptors (Lipinski definition) is 3. The van der Waals surface area contributed by atoms with Crippen LogP contribution in [0.3, 0.4) is 0 Å². The second-order valence-corrected chi connectivity index (χ2v) is 5.55. The highest BCUT2D eigenvalue weighted by molar-refractivity contribution is 6.31. The molecule has 1 fully saturated rings. The molecule has 0 spiro atoms. The van der Waals surface area contributed by atoms with Crippen LogP contribution in [0, 0.1) is 0 Å². The molecule has 1 aliphatic carbocycles. The summed E-state index contributed by atoms with van der Waals surface area (Å²) in [7, 11) is 0. The van der Waals surface area contributed by atoms with Crippen molar-refractivity contribution in [1.29, 1.82) is 0 Å². The highest BCUT2D eigenvalue weighted by Gasteiger charge is 2.33. The van der Waals surface area contributed by atoms with Gasteiger partial charge >= 0.3 is 0 Å². The summed E-state index contributed by atoms with van der Waals surface area (Å²) in [5.74, 6) is -1.07. The minimum absolute atomic E-state index is 0.00592. The Hall–Kier alpha value is -0.610. The SMILES string of the molecule is OCCC(OC1(O)CCCCC1)c1ccccc1Cl. The lowest BCUT2D eigenvalue weighted by molar-refractivity contribution is -0.249. The maximum atomic E-state index is 10.5. The molecule has 0 amide bonds. The highest BCUT2D eigenvalue weighted by Crippen LogP contribution is 2.37. The Morgan fingerprint density at radius 1 is 1.21 bits per heavy atom. The van der Waals surface area contributed by atoms with E-state index in [2.05, 4.69) is 0 Å². The molecule has 1 unspecified atom stereocenters. The summed E-state index contributed by atoms with van der Waals surface area (Å²) in [6.45, 7) is 0.00592. The van der Waals surface area contributed by atoms with E-state index in [1.165, 1.54) is 0 Å². The average molecular weight is 285 g/mol. The smallest absolute Gasteiger partial charge is 0.166 e. The Bertz CT molecular complexity index is 402. The lowest BCUT2D eigenvalue weighted by Gasteiger charge is -2.35. The molecular weight excluding hydrogens is 264 g/mol. The van der Waals surface area contributed by atoms with Crippen molar-refractivity contribution >= 4 is 11.6 Å². The van der Waals surface area contributed by atoms with Crippen molar-refractivity contribution in [2.75, 3.05) is 6.61 Å². The molecule has 106 valence electrons. The first kappa shape index (κ1) is 14.8. The molecule has 1 aromatic rings. The standard InChI is InChI=1S/C15H21ClO3/c16-13-7-3-2-6-12(13)14(8-11-17)19-15(18)9-4-1-5-10-15/h2-3,6-7,14,17-18H,1,4-5,8-11H2. The lowest BCUT2D eigenvalue weighted by atomic mass is 9.93. The Morgan fingerprint density at radius 2 is 1.89 bits per heavy atom. The second-order valence-electron chi connectivity index (χ2n) is 5.15. The zero-order chi connectivity index (χ0) is 13.7. The van der Waals surface area contributed by atoms with Crippen molar-refractivity contribution in [3.63, 3.8) is 0 Å². The zero-order valence-corrected chi connectivity index (χ0v) is 11.8. The quantitative estimate of drug-likeness (QED) is 0.815. The molecule has 19 heavy (non-hydrogen) atoms. The van der Waals surface area contributed by atoms with Crippen LogP contribution >= 0.6 is 11.6 Å². The summed E-state index contributed by atoms with van der Waals surface area (Å²) in [5.41, 5.74) is 0.831. The number of ether oxygens (including phenoxy) is 1. The van der Waals surface area contributed by atoms with Gasteiger partial charge in [0.15, 0.2) is 5.79 Å². The van der Waals surface area contributed by atoms with Gasteiger partial charge in [-0.2, -0.15) is 0 Å². The van der Waals surface area contributed by atoms with E-state index in [1.807, 2.05) is 18.2 Å². The molecule has 1 saturated carbocycles. The van der Waals surface area contributed by atoms with E-state index >= 15 is 0 Å². The van der Waals surface area contributed by atoms with Crippen LogP contribution in [0.4, 0.5) is 0 Å². The Balaban J connectivity index is 2.14. The van der Waals surface area contributed by atoms with Gasteiger partial charge in [-0.15, -0.1) is 0 Å². The Kier molecular flexibility index (Phi) is 5.22. The monoisotopic (exact) mass is 284 g/mol. The van der Waals surface area contributed by atoms with E-state index in [0.29, 0.717) is 24.3 Å². The van der Waals surface area contributed by atoms with Gasteiger partial charge in [0.25, 0.3) is 0 Å². The van der Waals surface area contributed by atoms with Gasteiger partial charge in [-0.1, -0.05) is 36.2 Å². The third-order valence-electron chi connectivity index (χ3n) is 3.64. The summed E-state index contributed by atoms with van der Waals surface area (Å²) in [6, 6.07) is 7.43. The van der Waals surface area contributed by atoms with Crippen LogP contribution < -0.4 is 0 Å². The largest absolute Gasteiger partial charge is 0.396 e. The number of benzene rings is 1. The van der Waals surface area contributed by atoms with Crippen molar-refractivity contribution in [2.45, 2.75) is 50.4 Å². The molecular formula is C15H21ClO3. The molecule has 0 saturated heterocycles. The highest BCUT2D eigenvalue weighted by atomic mass is 35.5. The third kappa shape index (κ3) is 3.93. The fraction of sp³-hybridized carbons (Fsp3) is 0.600. The van der Waals surface area contributed by atoms with E-state index in [0.717, 1.165) is 24.8 Å². The first-order valence-corrected chi connectivity index (χ1v) is 7.28. The molecule has 0 heterocycles. The van der Waals surface area contributed by atoms with Crippen molar-refractivity contribution in [3.8, 4) is 0 Å². The van der Waals surface area contributed by atoms with Crippen LogP contribution in [0.15, 0.2) is 24.3 Å². The van der Waals surface area contributed by atoms with Crippen LogP contribution in [0.1, 0.15) is 50.2 Å². The van der Waals surface area contributed by atoms with Crippen molar-refractivity contribution in [1.82, 2.24) is 0 Å². The van der Waals surface area contributed by atoms with Gasteiger partial charge in [0.2, 0.25) is 0 Å². The fourth-order valence-electron chi connectivity index (χ4n) is 2.62. The molecule has 0 aliphatic heterocycles. The molecule has 2 N–H and O–H groups in total. The zero-order valence-electron chi connectivity index (χ0n) is 11.0. The number of aliphatic hydroxyl groups excluding tert-OH is 1. The summed E-state index contributed by atoms with van der Waals surface area (Å²) < 4.78 is 5.90. The van der Waals surface area contributed by atoms with Crippen LogP contribution in [0.5, 0.6) is 0 Å². The van der Waals surface area contributed by atoms with Gasteiger partial charge in [0, 0.05) is 30.9 Å². The number of rotatable bonds is 5. The molecule has 1 atom stereocenters. The van der Waals surface area contributed by atoms with Crippen molar-refractivity contribution < 1.29 is 14.9 Å². The first-order valence-electron chi connectivity index (χ1n) is 6.90. The normalized spacial score (nSPS) is 20.2. The van der Waals surface area contributed by atoms with Crippen LogP contribution in [0.2, 0.25) is 5.02 Å². The Morgan fingerprint density at radius 3 is 2.53 bits per heavy atom. The van der Waals surface area contributed by atoms with Gasteiger partial charge in [-0.3, -0.25) is 0 Å². The molecule has 4 heteroatoms. The number of hydrogen-bond donors (Lipinski definition) is 2. The van der Waals surface area contributed by atoms with E-state index in [1.54, 1.807) is 6.07 Å². The van der Waals surface area contributed by atoms with E-state index in [-0.39, 0.29) is 12.7 Å². The van der Waals surface area contributed by atoms with Crippen molar-refractivity contribution in [2.24, 2.45) is 0 Å². The van der Waals surface area contributed by atoms with Gasteiger partial charge in [0.05, 0.1) is 6.10 Å². The average Bonchev–Trinajstić information content (AvgIpc) is 2.39. The summed E-state index contributed by atoms with van der Waals surface area (Å²) in [4.78, 5) is 0. The first-order chi connectivity index (χ1) is 9.14.